The smallest absolute Gasteiger partial charge is 0.505 e. The molecule has 0 spiro atoms. The lowest BCUT2D eigenvalue weighted by molar-refractivity contribution is 0.144. The quantitative estimate of drug-likeness (QED) is 0.202. The van der Waals surface area contributed by atoms with E-state index in [4.69, 9.17) is 9.84 Å². The van der Waals surface area contributed by atoms with Crippen molar-refractivity contribution in [3.8, 4) is 34.1 Å². The van der Waals surface area contributed by atoms with E-state index in [1.165, 1.54) is 16.8 Å². The lowest BCUT2D eigenvalue weighted by atomic mass is 10.0. The molecule has 4 rings (SSSR count). The molecule has 3 N–H and O–H groups in total. The fraction of sp³-hybridized carbons (Fsp3) is 0.0833. The molecule has 0 aliphatic rings. The molecule has 10 heteroatoms. The van der Waals surface area contributed by atoms with Crippen LogP contribution >= 0.6 is 0 Å². The second-order valence-corrected chi connectivity index (χ2v) is 7.19. The van der Waals surface area contributed by atoms with Crippen LogP contribution in [-0.4, -0.2) is 33.3 Å². The average molecular weight is 460 g/mol. The number of aryl methyl sites for hydroxylation is 1. The number of hydrogen-bond donors (Lipinski definition) is 3. The third-order valence-electron chi connectivity index (χ3n) is 4.99. The Kier molecular flexibility index (Phi) is 6.13. The number of H-pyrrole nitrogens is 1. The molecule has 4 aromatic rings. The van der Waals surface area contributed by atoms with Gasteiger partial charge in [0.1, 0.15) is 17.2 Å². The minimum absolute atomic E-state index is 0.0949. The summed E-state index contributed by atoms with van der Waals surface area (Å²) in [4.78, 5) is 23.7. The Balaban J connectivity index is 1.66. The molecular weight excluding hydrogens is 440 g/mol. The van der Waals surface area contributed by atoms with Crippen LogP contribution in [0.25, 0.3) is 16.8 Å². The van der Waals surface area contributed by atoms with E-state index in [-0.39, 0.29) is 22.9 Å². The van der Waals surface area contributed by atoms with Crippen molar-refractivity contribution in [2.75, 3.05) is 7.11 Å². The maximum atomic E-state index is 12.9. The van der Waals surface area contributed by atoms with Crippen molar-refractivity contribution in [2.45, 2.75) is 6.92 Å². The molecule has 0 unspecified atom stereocenters. The molecule has 0 fully saturated rings. The Bertz CT molecular complexity index is 1440. The lowest BCUT2D eigenvalue weighted by Crippen LogP contribution is -2.13. The number of ether oxygens (including phenoxy) is 2. The van der Waals surface area contributed by atoms with E-state index in [2.05, 4.69) is 20.1 Å². The molecular formula is C24H20N4O6. The zero-order chi connectivity index (χ0) is 24.2. The second-order valence-electron chi connectivity index (χ2n) is 7.19. The van der Waals surface area contributed by atoms with Gasteiger partial charge in [-0.05, 0) is 55.0 Å². The number of aromatic nitrogens is 2. The van der Waals surface area contributed by atoms with Gasteiger partial charge in [-0.2, -0.15) is 0 Å². The largest absolute Gasteiger partial charge is 0.511 e. The van der Waals surface area contributed by atoms with E-state index in [1.54, 1.807) is 68.6 Å². The SMILES string of the molecule is COc1ccc(-n2[nH]c(C)c(N=Nc3cccc(-c4cccc(OC(=O)O)c4)c3O)c2=O)cc1. The Morgan fingerprint density at radius 3 is 2.44 bits per heavy atom. The van der Waals surface area contributed by atoms with E-state index in [1.807, 2.05) is 0 Å². The minimum atomic E-state index is -1.44. The normalized spacial score (nSPS) is 11.0. The van der Waals surface area contributed by atoms with Crippen LogP contribution in [0.5, 0.6) is 17.2 Å². The number of azo groups is 1. The summed E-state index contributed by atoms with van der Waals surface area (Å²) in [6.45, 7) is 1.69. The Morgan fingerprint density at radius 1 is 1.00 bits per heavy atom. The number of phenols is 1. The number of aromatic hydroxyl groups is 1. The minimum Gasteiger partial charge on any atom is -0.505 e. The number of nitrogens with zero attached hydrogens (tertiary/aromatic N) is 3. The molecule has 3 aromatic carbocycles. The molecule has 172 valence electrons. The number of benzene rings is 3. The number of phenolic OH excluding ortho intramolecular Hbond substituents is 1. The van der Waals surface area contributed by atoms with Crippen molar-refractivity contribution in [1.29, 1.82) is 0 Å². The van der Waals surface area contributed by atoms with Gasteiger partial charge in [-0.25, -0.2) is 9.48 Å². The topological polar surface area (TPSA) is 138 Å². The number of carboxylic acid groups (broad SMARTS) is 1. The molecule has 0 bridgehead atoms. The van der Waals surface area contributed by atoms with Gasteiger partial charge in [0.2, 0.25) is 0 Å². The van der Waals surface area contributed by atoms with Crippen LogP contribution < -0.4 is 15.0 Å². The van der Waals surface area contributed by atoms with Gasteiger partial charge < -0.3 is 19.7 Å². The van der Waals surface area contributed by atoms with Crippen molar-refractivity contribution in [2.24, 2.45) is 10.2 Å². The lowest BCUT2D eigenvalue weighted by Gasteiger charge is -2.08. The molecule has 10 nitrogen and oxygen atoms in total. The van der Waals surface area contributed by atoms with Crippen molar-refractivity contribution in [1.82, 2.24) is 9.78 Å². The maximum absolute atomic E-state index is 12.9. The predicted molar refractivity (Wildman–Crippen MR) is 124 cm³/mol. The van der Waals surface area contributed by atoms with Crippen molar-refractivity contribution in [3.05, 3.63) is 82.8 Å². The molecule has 0 aliphatic heterocycles. The first-order valence-electron chi connectivity index (χ1n) is 10.1. The molecule has 0 amide bonds. The number of para-hydroxylation sites is 1. The monoisotopic (exact) mass is 460 g/mol. The van der Waals surface area contributed by atoms with Gasteiger partial charge in [0.15, 0.2) is 11.4 Å². The van der Waals surface area contributed by atoms with Crippen LogP contribution in [0.15, 0.2) is 81.8 Å². The van der Waals surface area contributed by atoms with Crippen molar-refractivity contribution < 1.29 is 24.5 Å². The fourth-order valence-electron chi connectivity index (χ4n) is 3.35. The number of nitrogens with one attached hydrogen (secondary N) is 1. The first kappa shape index (κ1) is 22.3. The van der Waals surface area contributed by atoms with Gasteiger partial charge in [0.05, 0.1) is 18.5 Å². The highest BCUT2D eigenvalue weighted by atomic mass is 16.7. The van der Waals surface area contributed by atoms with Crippen LogP contribution in [0, 0.1) is 6.92 Å². The van der Waals surface area contributed by atoms with Crippen molar-refractivity contribution >= 4 is 17.5 Å². The van der Waals surface area contributed by atoms with Gasteiger partial charge in [-0.3, -0.25) is 9.89 Å². The van der Waals surface area contributed by atoms with E-state index >= 15 is 0 Å². The van der Waals surface area contributed by atoms with Gasteiger partial charge in [0, 0.05) is 5.56 Å². The highest BCUT2D eigenvalue weighted by Gasteiger charge is 2.14. The first-order chi connectivity index (χ1) is 16.4. The third-order valence-corrected chi connectivity index (χ3v) is 4.99. The highest BCUT2D eigenvalue weighted by molar-refractivity contribution is 5.77. The zero-order valence-corrected chi connectivity index (χ0v) is 18.2. The van der Waals surface area contributed by atoms with Crippen LogP contribution in [0.4, 0.5) is 16.2 Å². The number of methoxy groups -OCH3 is 1. The Morgan fingerprint density at radius 2 is 1.74 bits per heavy atom. The first-order valence-corrected chi connectivity index (χ1v) is 10.1. The molecule has 0 atom stereocenters. The summed E-state index contributed by atoms with van der Waals surface area (Å²) in [6, 6.07) is 18.0. The summed E-state index contributed by atoms with van der Waals surface area (Å²) >= 11 is 0. The van der Waals surface area contributed by atoms with Crippen molar-refractivity contribution in [3.63, 3.8) is 0 Å². The van der Waals surface area contributed by atoms with Gasteiger partial charge in [-0.15, -0.1) is 10.2 Å². The molecule has 0 saturated heterocycles. The highest BCUT2D eigenvalue weighted by Crippen LogP contribution is 2.38. The summed E-state index contributed by atoms with van der Waals surface area (Å²) in [6.07, 6.45) is -1.44. The summed E-state index contributed by atoms with van der Waals surface area (Å²) in [5.41, 5.74) is 1.85. The standard InChI is InChI=1S/C24H20N4O6/c1-14-21(23(30)28(27-14)16-9-11-17(33-2)12-10-16)26-25-20-8-4-7-19(22(20)29)15-5-3-6-18(13-15)34-24(31)32/h3-13,27,29H,1-2H3,(H,31,32). The van der Waals surface area contributed by atoms with Gasteiger partial charge in [-0.1, -0.05) is 24.3 Å². The number of rotatable bonds is 6. The molecule has 0 aliphatic carbocycles. The number of carbonyl (C=O) groups is 1. The van der Waals surface area contributed by atoms with E-state index < -0.39 is 11.7 Å². The number of hydrogen-bond acceptors (Lipinski definition) is 7. The predicted octanol–water partition coefficient (Wildman–Crippen LogP) is 5.33. The van der Waals surface area contributed by atoms with Gasteiger partial charge >= 0.3 is 6.16 Å². The second kappa shape index (κ2) is 9.33. The van der Waals surface area contributed by atoms with Gasteiger partial charge in [0.25, 0.3) is 5.56 Å². The van der Waals surface area contributed by atoms with E-state index in [0.29, 0.717) is 28.3 Å². The van der Waals surface area contributed by atoms with Crippen LogP contribution in [0.3, 0.4) is 0 Å². The molecule has 1 aromatic heterocycles. The molecule has 0 saturated carbocycles. The molecule has 34 heavy (non-hydrogen) atoms. The summed E-state index contributed by atoms with van der Waals surface area (Å²) in [5, 5.41) is 30.7. The van der Waals surface area contributed by atoms with Crippen LogP contribution in [0.2, 0.25) is 0 Å². The maximum Gasteiger partial charge on any atom is 0.511 e. The Hall–Kier alpha value is -4.86. The summed E-state index contributed by atoms with van der Waals surface area (Å²) in [5.74, 6) is 0.594. The fourth-order valence-corrected chi connectivity index (χ4v) is 3.35. The summed E-state index contributed by atoms with van der Waals surface area (Å²) in [7, 11) is 1.56. The summed E-state index contributed by atoms with van der Waals surface area (Å²) < 4.78 is 11.2. The van der Waals surface area contributed by atoms with Crippen LogP contribution in [0.1, 0.15) is 5.69 Å². The van der Waals surface area contributed by atoms with E-state index in [9.17, 15) is 14.7 Å². The third kappa shape index (κ3) is 4.51. The molecule has 1 heterocycles. The van der Waals surface area contributed by atoms with Crippen LogP contribution in [-0.2, 0) is 0 Å². The molecule has 0 radical (unpaired) electrons. The van der Waals surface area contributed by atoms with E-state index in [0.717, 1.165) is 0 Å². The Labute approximate surface area is 193 Å². The zero-order valence-electron chi connectivity index (χ0n) is 18.2. The number of aromatic amines is 1. The average Bonchev–Trinajstić information content (AvgIpc) is 3.11.